The number of benzene rings is 1. The number of carboxylic acid groups (broad SMARTS) is 3. The van der Waals surface area contributed by atoms with Crippen LogP contribution in [0.5, 0.6) is 0 Å². The summed E-state index contributed by atoms with van der Waals surface area (Å²) in [5, 5.41) is 27.2. The van der Waals surface area contributed by atoms with Crippen LogP contribution in [-0.4, -0.2) is 33.2 Å². The molecular formula is C21H30O6. The van der Waals surface area contributed by atoms with Gasteiger partial charge in [0.25, 0.3) is 0 Å². The van der Waals surface area contributed by atoms with E-state index in [9.17, 15) is 24.6 Å². The van der Waals surface area contributed by atoms with Crippen molar-refractivity contribution in [1.82, 2.24) is 0 Å². The lowest BCUT2D eigenvalue weighted by molar-refractivity contribution is -0.139. The van der Waals surface area contributed by atoms with Gasteiger partial charge in [-0.2, -0.15) is 0 Å². The number of carboxylic acids is 3. The minimum Gasteiger partial charge on any atom is -0.481 e. The number of rotatable bonds is 14. The van der Waals surface area contributed by atoms with Crippen LogP contribution in [0.3, 0.4) is 0 Å². The maximum absolute atomic E-state index is 11.2. The zero-order valence-corrected chi connectivity index (χ0v) is 15.8. The molecule has 0 aromatic heterocycles. The summed E-state index contributed by atoms with van der Waals surface area (Å²) < 4.78 is 0. The van der Waals surface area contributed by atoms with Gasteiger partial charge in [-0.15, -0.1) is 0 Å². The van der Waals surface area contributed by atoms with Gasteiger partial charge in [0.1, 0.15) is 0 Å². The van der Waals surface area contributed by atoms with E-state index in [1.54, 1.807) is 0 Å². The lowest BCUT2D eigenvalue weighted by Gasteiger charge is -2.22. The molecule has 6 heteroatoms. The Morgan fingerprint density at radius 3 is 1.93 bits per heavy atom. The fourth-order valence-electron chi connectivity index (χ4n) is 3.55. The first kappa shape index (κ1) is 22.7. The highest BCUT2D eigenvalue weighted by atomic mass is 16.4. The molecule has 1 rings (SSSR count). The molecule has 0 heterocycles. The lowest BCUT2D eigenvalue weighted by Crippen LogP contribution is -2.16. The molecule has 0 spiro atoms. The predicted molar refractivity (Wildman–Crippen MR) is 102 cm³/mol. The molecule has 0 fully saturated rings. The van der Waals surface area contributed by atoms with Crippen molar-refractivity contribution in [3.8, 4) is 0 Å². The summed E-state index contributed by atoms with van der Waals surface area (Å²) in [4.78, 5) is 33.1. The second-order valence-corrected chi connectivity index (χ2v) is 7.47. The van der Waals surface area contributed by atoms with Gasteiger partial charge in [-0.1, -0.05) is 37.3 Å². The van der Waals surface area contributed by atoms with Gasteiger partial charge in [0.15, 0.2) is 0 Å². The Hall–Kier alpha value is -2.37. The summed E-state index contributed by atoms with van der Waals surface area (Å²) in [6, 6.07) is 9.70. The molecule has 6 nitrogen and oxygen atoms in total. The predicted octanol–water partition coefficient (Wildman–Crippen LogP) is 4.08. The summed E-state index contributed by atoms with van der Waals surface area (Å²) in [7, 11) is 0. The zero-order valence-electron chi connectivity index (χ0n) is 15.8. The van der Waals surface area contributed by atoms with Crippen LogP contribution in [0.15, 0.2) is 30.3 Å². The zero-order chi connectivity index (χ0) is 20.2. The van der Waals surface area contributed by atoms with E-state index in [2.05, 4.69) is 0 Å². The van der Waals surface area contributed by atoms with E-state index in [1.807, 2.05) is 37.3 Å². The van der Waals surface area contributed by atoms with Crippen molar-refractivity contribution in [2.24, 2.45) is 17.8 Å². The monoisotopic (exact) mass is 378 g/mol. The van der Waals surface area contributed by atoms with Gasteiger partial charge in [0.2, 0.25) is 0 Å². The van der Waals surface area contributed by atoms with Crippen LogP contribution in [0.25, 0.3) is 0 Å². The molecule has 0 saturated carbocycles. The third-order valence-electron chi connectivity index (χ3n) is 4.86. The Morgan fingerprint density at radius 2 is 1.37 bits per heavy atom. The quantitative estimate of drug-likeness (QED) is 0.450. The van der Waals surface area contributed by atoms with E-state index >= 15 is 0 Å². The number of carbonyl (C=O) groups is 3. The van der Waals surface area contributed by atoms with Crippen molar-refractivity contribution in [2.45, 2.75) is 58.3 Å². The minimum atomic E-state index is -0.872. The molecule has 3 atom stereocenters. The van der Waals surface area contributed by atoms with Crippen molar-refractivity contribution in [3.63, 3.8) is 0 Å². The van der Waals surface area contributed by atoms with Crippen molar-refractivity contribution in [2.75, 3.05) is 0 Å². The van der Waals surface area contributed by atoms with Crippen LogP contribution in [0.4, 0.5) is 0 Å². The highest BCUT2D eigenvalue weighted by molar-refractivity contribution is 5.67. The standard InChI is InChI=1S/C21H30O6/c1-15(7-10-19(22)23)11-17(13-20(24)25)8-9-18(14-21(26)27)12-16-5-3-2-4-6-16/h2-6,15,17-18H,7-14H2,1H3,(H,22,23)(H,24,25)(H,26,27). The van der Waals surface area contributed by atoms with Gasteiger partial charge >= 0.3 is 17.9 Å². The van der Waals surface area contributed by atoms with E-state index in [-0.39, 0.29) is 37.0 Å². The normalized spacial score (nSPS) is 14.3. The first-order valence-electron chi connectivity index (χ1n) is 9.45. The van der Waals surface area contributed by atoms with Crippen molar-refractivity contribution >= 4 is 17.9 Å². The van der Waals surface area contributed by atoms with E-state index in [4.69, 9.17) is 5.11 Å². The van der Waals surface area contributed by atoms with Gasteiger partial charge < -0.3 is 15.3 Å². The maximum atomic E-state index is 11.2. The fourth-order valence-corrected chi connectivity index (χ4v) is 3.55. The van der Waals surface area contributed by atoms with Crippen molar-refractivity contribution < 1.29 is 29.7 Å². The molecule has 1 aromatic rings. The van der Waals surface area contributed by atoms with Crippen molar-refractivity contribution in [1.29, 1.82) is 0 Å². The fraction of sp³-hybridized carbons (Fsp3) is 0.571. The van der Waals surface area contributed by atoms with Crippen LogP contribution in [0.2, 0.25) is 0 Å². The topological polar surface area (TPSA) is 112 Å². The third-order valence-corrected chi connectivity index (χ3v) is 4.86. The van der Waals surface area contributed by atoms with Gasteiger partial charge in [0.05, 0.1) is 0 Å². The molecule has 27 heavy (non-hydrogen) atoms. The Bertz CT molecular complexity index is 598. The van der Waals surface area contributed by atoms with Crippen molar-refractivity contribution in [3.05, 3.63) is 35.9 Å². The summed E-state index contributed by atoms with van der Waals surface area (Å²) in [6.07, 6.45) is 3.27. The van der Waals surface area contributed by atoms with Gasteiger partial charge in [0, 0.05) is 19.3 Å². The summed E-state index contributed by atoms with van der Waals surface area (Å²) in [5.74, 6) is -2.56. The Balaban J connectivity index is 2.65. The molecule has 150 valence electrons. The second kappa shape index (κ2) is 12.1. The molecular weight excluding hydrogens is 348 g/mol. The number of hydrogen-bond acceptors (Lipinski definition) is 3. The molecule has 0 aliphatic heterocycles. The minimum absolute atomic E-state index is 0.0303. The SMILES string of the molecule is CC(CCC(=O)O)CC(CCC(CC(=O)O)Cc1ccccc1)CC(=O)O. The second-order valence-electron chi connectivity index (χ2n) is 7.47. The molecule has 0 radical (unpaired) electrons. The molecule has 0 aliphatic rings. The van der Waals surface area contributed by atoms with E-state index in [1.165, 1.54) is 0 Å². The van der Waals surface area contributed by atoms with Crippen LogP contribution >= 0.6 is 0 Å². The van der Waals surface area contributed by atoms with Gasteiger partial charge in [-0.05, 0) is 55.4 Å². The lowest BCUT2D eigenvalue weighted by atomic mass is 9.83. The summed E-state index contributed by atoms with van der Waals surface area (Å²) in [6.45, 7) is 1.94. The third kappa shape index (κ3) is 11.1. The highest BCUT2D eigenvalue weighted by Crippen LogP contribution is 2.28. The molecule has 0 aliphatic carbocycles. The average molecular weight is 378 g/mol. The van der Waals surface area contributed by atoms with Gasteiger partial charge in [-0.25, -0.2) is 0 Å². The number of hydrogen-bond donors (Lipinski definition) is 3. The molecule has 3 unspecified atom stereocenters. The van der Waals surface area contributed by atoms with Gasteiger partial charge in [-0.3, -0.25) is 14.4 Å². The average Bonchev–Trinajstić information content (AvgIpc) is 2.57. The first-order valence-corrected chi connectivity index (χ1v) is 9.45. The molecule has 0 amide bonds. The molecule has 1 aromatic carbocycles. The van der Waals surface area contributed by atoms with Crippen LogP contribution in [0.1, 0.15) is 57.4 Å². The molecule has 0 bridgehead atoms. The van der Waals surface area contributed by atoms with Crippen LogP contribution < -0.4 is 0 Å². The smallest absolute Gasteiger partial charge is 0.303 e. The molecule has 0 saturated heterocycles. The van der Waals surface area contributed by atoms with Crippen LogP contribution in [-0.2, 0) is 20.8 Å². The first-order chi connectivity index (χ1) is 12.8. The van der Waals surface area contributed by atoms with E-state index < -0.39 is 17.9 Å². The summed E-state index contributed by atoms with van der Waals surface area (Å²) in [5.41, 5.74) is 1.08. The van der Waals surface area contributed by atoms with E-state index in [0.717, 1.165) is 5.56 Å². The van der Waals surface area contributed by atoms with Crippen LogP contribution in [0, 0.1) is 17.8 Å². The largest absolute Gasteiger partial charge is 0.481 e. The Kier molecular flexibility index (Phi) is 10.2. The summed E-state index contributed by atoms with van der Waals surface area (Å²) >= 11 is 0. The van der Waals surface area contributed by atoms with E-state index in [0.29, 0.717) is 32.1 Å². The molecule has 3 N–H and O–H groups in total. The highest BCUT2D eigenvalue weighted by Gasteiger charge is 2.21. The number of aliphatic carboxylic acids is 3. The maximum Gasteiger partial charge on any atom is 0.303 e. The Morgan fingerprint density at radius 1 is 0.815 bits per heavy atom. The Labute approximate surface area is 160 Å².